The van der Waals surface area contributed by atoms with E-state index < -0.39 is 0 Å². The van der Waals surface area contributed by atoms with Gasteiger partial charge in [0.15, 0.2) is 0 Å². The van der Waals surface area contributed by atoms with Crippen molar-refractivity contribution in [2.24, 2.45) is 5.92 Å². The van der Waals surface area contributed by atoms with E-state index in [1.165, 1.54) is 53.0 Å². The number of aryl methyl sites for hydroxylation is 1. The van der Waals surface area contributed by atoms with E-state index in [0.717, 1.165) is 19.0 Å². The van der Waals surface area contributed by atoms with Crippen LogP contribution in [0.4, 0.5) is 0 Å². The summed E-state index contributed by atoms with van der Waals surface area (Å²) in [5, 5.41) is 7.29. The Balaban J connectivity index is 0.000000706. The fourth-order valence-corrected chi connectivity index (χ4v) is 5.83. The van der Waals surface area contributed by atoms with Crippen LogP contribution in [0, 0.1) is 12.8 Å². The minimum Gasteiger partial charge on any atom is -0.383 e. The zero-order valence-corrected chi connectivity index (χ0v) is 20.6. The van der Waals surface area contributed by atoms with Crippen molar-refractivity contribution in [2.45, 2.75) is 71.3 Å². The van der Waals surface area contributed by atoms with Gasteiger partial charge in [-0.1, -0.05) is 48.3 Å². The topological polar surface area (TPSA) is 24.1 Å². The molecule has 154 valence electrons. The van der Waals surface area contributed by atoms with Crippen LogP contribution in [0.5, 0.6) is 0 Å². The standard InChI is InChI=1S/C21H26Br2N2.C3H8/c1-13-5-6-17-18(20(13)23)4-2-3-15-11-16(22)12-25-21(15)19(17)14-7-9-24-10-8-14;1-3-2/h5-6,11-12,14,19,21,24-25H,2-4,7-10H2,1H3;3H2,1-2H3. The molecule has 2 nitrogen and oxygen atoms in total. The van der Waals surface area contributed by atoms with E-state index in [-0.39, 0.29) is 0 Å². The van der Waals surface area contributed by atoms with Gasteiger partial charge in [0.1, 0.15) is 0 Å². The molecule has 1 aromatic carbocycles. The summed E-state index contributed by atoms with van der Waals surface area (Å²) < 4.78 is 2.51. The molecule has 0 aromatic heterocycles. The average Bonchev–Trinajstić information content (AvgIpc) is 2.68. The molecular formula is C24H34Br2N2. The van der Waals surface area contributed by atoms with Gasteiger partial charge < -0.3 is 10.6 Å². The van der Waals surface area contributed by atoms with Gasteiger partial charge in [0.25, 0.3) is 0 Å². The van der Waals surface area contributed by atoms with Gasteiger partial charge in [-0.3, -0.25) is 0 Å². The van der Waals surface area contributed by atoms with Crippen LogP contribution in [0.15, 0.2) is 38.9 Å². The van der Waals surface area contributed by atoms with Crippen LogP contribution < -0.4 is 10.6 Å². The Morgan fingerprint density at radius 2 is 1.79 bits per heavy atom. The van der Waals surface area contributed by atoms with Crippen molar-refractivity contribution in [1.29, 1.82) is 0 Å². The SMILES string of the molecule is CCC.Cc1ccc2c(c1Br)CCCC1=CC(Br)=CNC1C2C1CCNCC1. The smallest absolute Gasteiger partial charge is 0.0543 e. The molecule has 1 fully saturated rings. The van der Waals surface area contributed by atoms with Crippen LogP contribution in [-0.4, -0.2) is 19.1 Å². The number of benzene rings is 1. The summed E-state index contributed by atoms with van der Waals surface area (Å²) in [6, 6.07) is 5.15. The Hall–Kier alpha value is -0.580. The minimum absolute atomic E-state index is 0.429. The molecule has 3 aliphatic rings. The highest BCUT2D eigenvalue weighted by molar-refractivity contribution is 9.12. The first kappa shape index (κ1) is 22.1. The van der Waals surface area contributed by atoms with E-state index in [0.29, 0.717) is 12.0 Å². The van der Waals surface area contributed by atoms with Gasteiger partial charge in [0.05, 0.1) is 6.04 Å². The van der Waals surface area contributed by atoms with Gasteiger partial charge in [-0.25, -0.2) is 0 Å². The number of dihydropyridines is 1. The molecule has 0 amide bonds. The van der Waals surface area contributed by atoms with E-state index in [2.05, 4.69) is 87.7 Å². The lowest BCUT2D eigenvalue weighted by Gasteiger charge is -2.41. The Morgan fingerprint density at radius 3 is 2.50 bits per heavy atom. The maximum Gasteiger partial charge on any atom is 0.0543 e. The molecule has 0 bridgehead atoms. The first-order chi connectivity index (χ1) is 13.6. The molecule has 2 heterocycles. The van der Waals surface area contributed by atoms with Gasteiger partial charge in [0.2, 0.25) is 0 Å². The van der Waals surface area contributed by atoms with E-state index in [1.807, 2.05) is 0 Å². The largest absolute Gasteiger partial charge is 0.383 e. The summed E-state index contributed by atoms with van der Waals surface area (Å²) in [6.07, 6.45) is 11.9. The average molecular weight is 510 g/mol. The Kier molecular flexibility index (Phi) is 8.25. The van der Waals surface area contributed by atoms with Gasteiger partial charge in [-0.2, -0.15) is 0 Å². The van der Waals surface area contributed by atoms with Crippen LogP contribution in [-0.2, 0) is 6.42 Å². The molecule has 0 radical (unpaired) electrons. The Bertz CT molecular complexity index is 732. The summed E-state index contributed by atoms with van der Waals surface area (Å²) in [6.45, 7) is 8.76. The van der Waals surface area contributed by atoms with Crippen LogP contribution >= 0.6 is 31.9 Å². The maximum atomic E-state index is 3.91. The second-order valence-corrected chi connectivity index (χ2v) is 10.0. The lowest BCUT2D eigenvalue weighted by atomic mass is 9.70. The van der Waals surface area contributed by atoms with Crippen molar-refractivity contribution in [3.63, 3.8) is 0 Å². The van der Waals surface area contributed by atoms with Crippen molar-refractivity contribution >= 4 is 31.9 Å². The number of hydrogen-bond acceptors (Lipinski definition) is 2. The first-order valence-corrected chi connectivity index (χ1v) is 12.5. The zero-order chi connectivity index (χ0) is 20.1. The monoisotopic (exact) mass is 508 g/mol. The lowest BCUT2D eigenvalue weighted by Crippen LogP contribution is -2.43. The number of piperidine rings is 1. The van der Waals surface area contributed by atoms with Crippen molar-refractivity contribution in [2.75, 3.05) is 13.1 Å². The molecule has 2 unspecified atom stereocenters. The van der Waals surface area contributed by atoms with Crippen molar-refractivity contribution < 1.29 is 0 Å². The third-order valence-electron chi connectivity index (χ3n) is 6.10. The van der Waals surface area contributed by atoms with E-state index in [1.54, 1.807) is 16.7 Å². The highest BCUT2D eigenvalue weighted by Crippen LogP contribution is 2.44. The first-order valence-electron chi connectivity index (χ1n) is 10.9. The zero-order valence-electron chi connectivity index (χ0n) is 17.5. The van der Waals surface area contributed by atoms with Gasteiger partial charge in [0, 0.05) is 21.1 Å². The summed E-state index contributed by atoms with van der Waals surface area (Å²) in [7, 11) is 0. The van der Waals surface area contributed by atoms with Crippen molar-refractivity contribution in [3.05, 3.63) is 55.6 Å². The van der Waals surface area contributed by atoms with Gasteiger partial charge in [-0.15, -0.1) is 0 Å². The van der Waals surface area contributed by atoms with Crippen LogP contribution in [0.25, 0.3) is 0 Å². The number of allylic oxidation sites excluding steroid dienone is 2. The fourth-order valence-electron chi connectivity index (χ4n) is 4.84. The predicted molar refractivity (Wildman–Crippen MR) is 128 cm³/mol. The molecule has 0 saturated carbocycles. The van der Waals surface area contributed by atoms with Gasteiger partial charge in [-0.05, 0) is 102 Å². The lowest BCUT2D eigenvalue weighted by molar-refractivity contribution is 0.282. The number of halogens is 2. The summed E-state index contributed by atoms with van der Waals surface area (Å²) in [5.74, 6) is 1.29. The summed E-state index contributed by atoms with van der Waals surface area (Å²) in [4.78, 5) is 0. The van der Waals surface area contributed by atoms with E-state index in [4.69, 9.17) is 0 Å². The van der Waals surface area contributed by atoms with Crippen molar-refractivity contribution in [3.8, 4) is 0 Å². The van der Waals surface area contributed by atoms with Crippen LogP contribution in [0.2, 0.25) is 0 Å². The summed E-state index contributed by atoms with van der Waals surface area (Å²) in [5.41, 5.74) is 6.05. The molecule has 4 heteroatoms. The van der Waals surface area contributed by atoms with E-state index in [9.17, 15) is 0 Å². The predicted octanol–water partition coefficient (Wildman–Crippen LogP) is 6.73. The third-order valence-corrected chi connectivity index (χ3v) is 7.66. The van der Waals surface area contributed by atoms with Crippen LogP contribution in [0.3, 0.4) is 0 Å². The van der Waals surface area contributed by atoms with E-state index >= 15 is 0 Å². The third kappa shape index (κ3) is 4.94. The van der Waals surface area contributed by atoms with Crippen molar-refractivity contribution in [1.82, 2.24) is 10.6 Å². The Labute approximate surface area is 187 Å². The molecule has 2 aliphatic heterocycles. The fraction of sp³-hybridized carbons (Fsp3) is 0.583. The molecule has 1 aromatic rings. The quantitative estimate of drug-likeness (QED) is 0.438. The molecule has 0 spiro atoms. The molecule has 1 saturated heterocycles. The minimum atomic E-state index is 0.429. The molecule has 1 aliphatic carbocycles. The Morgan fingerprint density at radius 1 is 1.07 bits per heavy atom. The number of fused-ring (bicyclic) bond motifs is 2. The highest BCUT2D eigenvalue weighted by Gasteiger charge is 2.37. The molecule has 2 atom stereocenters. The molecule has 2 N–H and O–H groups in total. The molecular weight excluding hydrogens is 476 g/mol. The molecule has 4 rings (SSSR count). The van der Waals surface area contributed by atoms with Gasteiger partial charge >= 0.3 is 0 Å². The number of rotatable bonds is 1. The van der Waals surface area contributed by atoms with Crippen LogP contribution in [0.1, 0.15) is 68.6 Å². The second kappa shape index (κ2) is 10.4. The highest BCUT2D eigenvalue weighted by atomic mass is 79.9. The number of hydrogen-bond donors (Lipinski definition) is 2. The second-order valence-electron chi connectivity index (χ2n) is 8.33. The number of nitrogens with one attached hydrogen (secondary N) is 2. The molecule has 28 heavy (non-hydrogen) atoms. The summed E-state index contributed by atoms with van der Waals surface area (Å²) >= 11 is 7.58. The normalized spacial score (nSPS) is 24.9. The maximum absolute atomic E-state index is 3.91.